The first kappa shape index (κ1) is 21.3. The fourth-order valence-corrected chi connectivity index (χ4v) is 2.27. The van der Waals surface area contributed by atoms with E-state index in [4.69, 9.17) is 14.0 Å². The molecule has 1 N–H and O–H groups in total. The molecule has 1 aromatic heterocycles. The van der Waals surface area contributed by atoms with Gasteiger partial charge in [-0.25, -0.2) is 9.78 Å². The largest absolute Gasteiger partial charge is 0.496 e. The Labute approximate surface area is 155 Å². The van der Waals surface area contributed by atoms with Crippen LogP contribution in [0.5, 0.6) is 5.88 Å². The summed E-state index contributed by atoms with van der Waals surface area (Å²) in [6.45, 7) is 6.97. The number of alkyl carbamates (subject to hydrolysis) is 1. The standard InChI is InChI=1S/C16H22BF3N2O5/c1-14(2)15(3,4)27-17(26-14)10-8-11(16(18,19)20)12(22-9-10)25-7-6-21-13(23)24-5/h8-9H,6-7H2,1-5H3,(H,21,23). The second-order valence-corrected chi connectivity index (χ2v) is 6.97. The Balaban J connectivity index is 2.18. The van der Waals surface area contributed by atoms with Gasteiger partial charge in [-0.1, -0.05) is 0 Å². The van der Waals surface area contributed by atoms with Crippen molar-refractivity contribution < 1.29 is 36.7 Å². The number of carbonyl (C=O) groups excluding carboxylic acids is 1. The van der Waals surface area contributed by atoms with Crippen molar-refractivity contribution in [2.45, 2.75) is 45.1 Å². The van der Waals surface area contributed by atoms with Crippen LogP contribution in [-0.4, -0.2) is 49.7 Å². The number of alkyl halides is 3. The van der Waals surface area contributed by atoms with Crippen LogP contribution in [0.15, 0.2) is 12.3 Å². The van der Waals surface area contributed by atoms with Gasteiger partial charge in [0.2, 0.25) is 5.88 Å². The Bertz CT molecular complexity index is 681. The lowest BCUT2D eigenvalue weighted by atomic mass is 9.79. The first-order valence-corrected chi connectivity index (χ1v) is 8.25. The van der Waals surface area contributed by atoms with Gasteiger partial charge in [0.15, 0.2) is 0 Å². The minimum Gasteiger partial charge on any atom is -0.475 e. The quantitative estimate of drug-likeness (QED) is 0.613. The van der Waals surface area contributed by atoms with E-state index in [1.54, 1.807) is 27.7 Å². The molecule has 0 spiro atoms. The molecule has 150 valence electrons. The molecule has 2 rings (SSSR count). The van der Waals surface area contributed by atoms with Crippen molar-refractivity contribution in [3.8, 4) is 5.88 Å². The van der Waals surface area contributed by atoms with E-state index in [1.165, 1.54) is 13.3 Å². The zero-order valence-corrected chi connectivity index (χ0v) is 15.8. The number of nitrogens with one attached hydrogen (secondary N) is 1. The molecule has 1 amide bonds. The van der Waals surface area contributed by atoms with E-state index in [0.29, 0.717) is 0 Å². The van der Waals surface area contributed by atoms with Gasteiger partial charge < -0.3 is 24.1 Å². The molecule has 0 aromatic carbocycles. The van der Waals surface area contributed by atoms with E-state index in [2.05, 4.69) is 15.0 Å². The van der Waals surface area contributed by atoms with Gasteiger partial charge in [-0.05, 0) is 33.8 Å². The molecule has 7 nitrogen and oxygen atoms in total. The maximum absolute atomic E-state index is 13.4. The molecule has 11 heteroatoms. The number of hydrogen-bond donors (Lipinski definition) is 1. The summed E-state index contributed by atoms with van der Waals surface area (Å²) >= 11 is 0. The number of halogens is 3. The lowest BCUT2D eigenvalue weighted by molar-refractivity contribution is -0.139. The number of ether oxygens (including phenoxy) is 2. The summed E-state index contributed by atoms with van der Waals surface area (Å²) in [4.78, 5) is 14.7. The number of methoxy groups -OCH3 is 1. The van der Waals surface area contributed by atoms with Crippen LogP contribution in [0.4, 0.5) is 18.0 Å². The maximum atomic E-state index is 13.4. The van der Waals surface area contributed by atoms with Gasteiger partial charge in [-0.2, -0.15) is 13.2 Å². The first-order valence-electron chi connectivity index (χ1n) is 8.25. The van der Waals surface area contributed by atoms with E-state index in [-0.39, 0.29) is 18.6 Å². The van der Waals surface area contributed by atoms with Gasteiger partial charge in [-0.15, -0.1) is 0 Å². The number of nitrogens with zero attached hydrogens (tertiary/aromatic N) is 1. The number of carbonyl (C=O) groups is 1. The van der Waals surface area contributed by atoms with Crippen molar-refractivity contribution in [1.29, 1.82) is 0 Å². The van der Waals surface area contributed by atoms with Crippen LogP contribution in [0.2, 0.25) is 0 Å². The minimum absolute atomic E-state index is 0.0371. The number of hydrogen-bond acceptors (Lipinski definition) is 6. The first-order chi connectivity index (χ1) is 12.4. The zero-order chi connectivity index (χ0) is 20.5. The summed E-state index contributed by atoms with van der Waals surface area (Å²) in [6, 6.07) is 0.901. The molecule has 1 aliphatic rings. The van der Waals surface area contributed by atoms with Crippen LogP contribution in [-0.2, 0) is 20.2 Å². The van der Waals surface area contributed by atoms with Gasteiger partial charge in [-0.3, -0.25) is 0 Å². The van der Waals surface area contributed by atoms with Crippen LogP contribution < -0.4 is 15.5 Å². The summed E-state index contributed by atoms with van der Waals surface area (Å²) in [5.74, 6) is -0.588. The van der Waals surface area contributed by atoms with Crippen molar-refractivity contribution in [3.05, 3.63) is 17.8 Å². The van der Waals surface area contributed by atoms with E-state index >= 15 is 0 Å². The summed E-state index contributed by atoms with van der Waals surface area (Å²) in [6.07, 6.45) is -4.17. The van der Waals surface area contributed by atoms with Gasteiger partial charge in [0.25, 0.3) is 0 Å². The number of pyridine rings is 1. The average Bonchev–Trinajstić information content (AvgIpc) is 2.78. The van der Waals surface area contributed by atoms with Crippen LogP contribution in [0.3, 0.4) is 0 Å². The fourth-order valence-electron chi connectivity index (χ4n) is 2.27. The Kier molecular flexibility index (Phi) is 5.95. The predicted octanol–water partition coefficient (Wildman–Crippen LogP) is 2.13. The Morgan fingerprint density at radius 2 is 1.85 bits per heavy atom. The van der Waals surface area contributed by atoms with Crippen molar-refractivity contribution >= 4 is 18.7 Å². The Hall–Kier alpha value is -2.01. The SMILES string of the molecule is COC(=O)NCCOc1ncc(B2OC(C)(C)C(C)(C)O2)cc1C(F)(F)F. The van der Waals surface area contributed by atoms with Gasteiger partial charge in [0.1, 0.15) is 12.2 Å². The molecule has 0 unspecified atom stereocenters. The Morgan fingerprint density at radius 1 is 1.26 bits per heavy atom. The summed E-state index contributed by atoms with van der Waals surface area (Å²) < 4.78 is 61.2. The minimum atomic E-state index is -4.68. The van der Waals surface area contributed by atoms with Gasteiger partial charge in [0, 0.05) is 11.7 Å². The molecule has 27 heavy (non-hydrogen) atoms. The average molecular weight is 390 g/mol. The smallest absolute Gasteiger partial charge is 0.475 e. The van der Waals surface area contributed by atoms with Crippen molar-refractivity contribution in [1.82, 2.24) is 10.3 Å². The third-order valence-electron chi connectivity index (χ3n) is 4.50. The summed E-state index contributed by atoms with van der Waals surface area (Å²) in [5.41, 5.74) is -2.29. The molecule has 1 aromatic rings. The van der Waals surface area contributed by atoms with E-state index in [0.717, 1.165) is 6.07 Å². The molecule has 1 saturated heterocycles. The molecule has 0 atom stereocenters. The van der Waals surface area contributed by atoms with Crippen LogP contribution >= 0.6 is 0 Å². The number of amides is 1. The third kappa shape index (κ3) is 4.84. The van der Waals surface area contributed by atoms with Crippen molar-refractivity contribution in [3.63, 3.8) is 0 Å². The van der Waals surface area contributed by atoms with E-state index in [1.807, 2.05) is 0 Å². The normalized spacial score (nSPS) is 18.3. The van der Waals surface area contributed by atoms with Crippen LogP contribution in [0, 0.1) is 0 Å². The number of rotatable bonds is 5. The van der Waals surface area contributed by atoms with Crippen LogP contribution in [0.1, 0.15) is 33.3 Å². The topological polar surface area (TPSA) is 78.9 Å². The monoisotopic (exact) mass is 390 g/mol. The second kappa shape index (κ2) is 7.55. The fraction of sp³-hybridized carbons (Fsp3) is 0.625. The molecule has 1 aliphatic heterocycles. The maximum Gasteiger partial charge on any atom is 0.496 e. The highest BCUT2D eigenvalue weighted by molar-refractivity contribution is 6.62. The molecule has 2 heterocycles. The molecule has 1 fully saturated rings. The van der Waals surface area contributed by atoms with Crippen LogP contribution in [0.25, 0.3) is 0 Å². The molecule has 0 bridgehead atoms. The second-order valence-electron chi connectivity index (χ2n) is 6.97. The van der Waals surface area contributed by atoms with E-state index in [9.17, 15) is 18.0 Å². The van der Waals surface area contributed by atoms with Gasteiger partial charge >= 0.3 is 19.4 Å². The third-order valence-corrected chi connectivity index (χ3v) is 4.50. The molecular formula is C16H22BF3N2O5. The number of aromatic nitrogens is 1. The highest BCUT2D eigenvalue weighted by Gasteiger charge is 2.52. The van der Waals surface area contributed by atoms with E-state index < -0.39 is 42.0 Å². The summed E-state index contributed by atoms with van der Waals surface area (Å²) in [5, 5.41) is 2.30. The molecular weight excluding hydrogens is 368 g/mol. The predicted molar refractivity (Wildman–Crippen MR) is 90.9 cm³/mol. The Morgan fingerprint density at radius 3 is 2.37 bits per heavy atom. The highest BCUT2D eigenvalue weighted by atomic mass is 19.4. The highest BCUT2D eigenvalue weighted by Crippen LogP contribution is 2.38. The molecule has 0 saturated carbocycles. The summed E-state index contributed by atoms with van der Waals surface area (Å²) in [7, 11) is 0.201. The molecule has 0 aliphatic carbocycles. The van der Waals surface area contributed by atoms with Crippen molar-refractivity contribution in [2.75, 3.05) is 20.3 Å². The molecule has 0 radical (unpaired) electrons. The lowest BCUT2D eigenvalue weighted by Crippen LogP contribution is -2.41. The van der Waals surface area contributed by atoms with Gasteiger partial charge in [0.05, 0.1) is 24.9 Å². The lowest BCUT2D eigenvalue weighted by Gasteiger charge is -2.32. The zero-order valence-electron chi connectivity index (χ0n) is 15.8. The van der Waals surface area contributed by atoms with Crippen molar-refractivity contribution in [2.24, 2.45) is 0 Å².